The molecule has 1 saturated carbocycles. The zero-order valence-corrected chi connectivity index (χ0v) is 14.9. The monoisotopic (exact) mass is 376 g/mol. The fraction of sp³-hybridized carbons (Fsp3) is 0.421. The number of benzene rings is 1. The minimum atomic E-state index is -0.920. The number of nitrogens with zero attached hydrogens (tertiary/aromatic N) is 1. The van der Waals surface area contributed by atoms with Gasteiger partial charge in [0, 0.05) is 6.07 Å². The summed E-state index contributed by atoms with van der Waals surface area (Å²) in [5.74, 6) is -2.25. The van der Waals surface area contributed by atoms with E-state index in [0.717, 1.165) is 12.8 Å². The van der Waals surface area contributed by atoms with Crippen molar-refractivity contribution in [2.75, 3.05) is 0 Å². The predicted molar refractivity (Wildman–Crippen MR) is 92.7 cm³/mol. The largest absolute Gasteiger partial charge is 0.482 e. The molecule has 0 spiro atoms. The van der Waals surface area contributed by atoms with Gasteiger partial charge in [-0.3, -0.25) is 9.59 Å². The highest BCUT2D eigenvalue weighted by Gasteiger charge is 2.42. The minimum absolute atomic E-state index is 0.0260. The fourth-order valence-corrected chi connectivity index (χ4v) is 3.40. The van der Waals surface area contributed by atoms with Crippen molar-refractivity contribution in [1.29, 1.82) is 0 Å². The second-order valence-electron chi connectivity index (χ2n) is 6.91. The Hall–Kier alpha value is -2.90. The predicted octanol–water partition coefficient (Wildman–Crippen LogP) is 3.16. The second-order valence-corrected chi connectivity index (χ2v) is 6.91. The highest BCUT2D eigenvalue weighted by Crippen LogP contribution is 2.34. The third-order valence-corrected chi connectivity index (χ3v) is 4.90. The fourth-order valence-electron chi connectivity index (χ4n) is 3.40. The lowest BCUT2D eigenvalue weighted by molar-refractivity contribution is -0.145. The van der Waals surface area contributed by atoms with Crippen molar-refractivity contribution in [3.05, 3.63) is 47.6 Å². The Morgan fingerprint density at radius 3 is 2.93 bits per heavy atom. The molecule has 8 heteroatoms. The van der Waals surface area contributed by atoms with E-state index in [9.17, 15) is 19.1 Å². The van der Waals surface area contributed by atoms with Gasteiger partial charge >= 0.3 is 5.97 Å². The molecular formula is C19H21FN2O5. The molecule has 2 atom stereocenters. The summed E-state index contributed by atoms with van der Waals surface area (Å²) in [6.07, 6.45) is 2.77. The summed E-state index contributed by atoms with van der Waals surface area (Å²) in [7, 11) is 0. The van der Waals surface area contributed by atoms with Crippen molar-refractivity contribution in [2.24, 2.45) is 5.92 Å². The Morgan fingerprint density at radius 1 is 1.41 bits per heavy atom. The van der Waals surface area contributed by atoms with Crippen LogP contribution in [-0.4, -0.2) is 27.7 Å². The van der Waals surface area contributed by atoms with Crippen LogP contribution in [0.25, 0.3) is 0 Å². The number of rotatable bonds is 6. The maximum atomic E-state index is 13.5. The average Bonchev–Trinajstić information content (AvgIpc) is 3.10. The van der Waals surface area contributed by atoms with E-state index in [0.29, 0.717) is 12.8 Å². The molecule has 27 heavy (non-hydrogen) atoms. The molecule has 0 aliphatic heterocycles. The first-order valence-corrected chi connectivity index (χ1v) is 8.77. The smallest absolute Gasteiger partial charge is 0.308 e. The van der Waals surface area contributed by atoms with E-state index in [4.69, 9.17) is 9.26 Å². The molecule has 1 aromatic carbocycles. The van der Waals surface area contributed by atoms with Gasteiger partial charge in [-0.25, -0.2) is 4.39 Å². The molecule has 3 rings (SSSR count). The molecule has 1 aliphatic rings. The molecule has 1 amide bonds. The lowest BCUT2D eigenvalue weighted by Crippen LogP contribution is -2.55. The Bertz CT molecular complexity index is 837. The van der Waals surface area contributed by atoms with Crippen LogP contribution < -0.4 is 10.1 Å². The Kier molecular flexibility index (Phi) is 5.43. The number of amides is 1. The summed E-state index contributed by atoms with van der Waals surface area (Å²) in [4.78, 5) is 24.0. The SMILES string of the molecule is CC1(NC(=O)c2cc(COc3ccccc3F)on2)CCCCC1C(=O)O. The van der Waals surface area contributed by atoms with Crippen LogP contribution in [0.3, 0.4) is 0 Å². The van der Waals surface area contributed by atoms with Crippen LogP contribution in [0, 0.1) is 11.7 Å². The number of aliphatic carboxylic acids is 1. The Balaban J connectivity index is 1.64. The molecule has 1 aliphatic carbocycles. The summed E-state index contributed by atoms with van der Waals surface area (Å²) >= 11 is 0. The molecule has 144 valence electrons. The van der Waals surface area contributed by atoms with Crippen molar-refractivity contribution in [3.63, 3.8) is 0 Å². The number of ether oxygens (including phenoxy) is 1. The highest BCUT2D eigenvalue weighted by atomic mass is 19.1. The molecule has 2 unspecified atom stereocenters. The summed E-state index contributed by atoms with van der Waals surface area (Å²) < 4.78 is 23.9. The molecule has 0 bridgehead atoms. The molecule has 7 nitrogen and oxygen atoms in total. The number of carboxylic acid groups (broad SMARTS) is 1. The van der Waals surface area contributed by atoms with E-state index in [1.807, 2.05) is 0 Å². The van der Waals surface area contributed by atoms with Gasteiger partial charge in [0.2, 0.25) is 0 Å². The third-order valence-electron chi connectivity index (χ3n) is 4.90. The van der Waals surface area contributed by atoms with Crippen LogP contribution >= 0.6 is 0 Å². The lowest BCUT2D eigenvalue weighted by atomic mass is 9.74. The molecule has 1 heterocycles. The molecule has 0 saturated heterocycles. The number of para-hydroxylation sites is 1. The zero-order chi connectivity index (χ0) is 19.4. The van der Waals surface area contributed by atoms with Gasteiger partial charge in [-0.05, 0) is 31.9 Å². The van der Waals surface area contributed by atoms with Crippen LogP contribution in [0.4, 0.5) is 4.39 Å². The van der Waals surface area contributed by atoms with Gasteiger partial charge in [0.25, 0.3) is 5.91 Å². The molecule has 2 aromatic rings. The lowest BCUT2D eigenvalue weighted by Gasteiger charge is -2.39. The van der Waals surface area contributed by atoms with E-state index in [1.54, 1.807) is 19.1 Å². The number of carboxylic acids is 1. The van der Waals surface area contributed by atoms with Gasteiger partial charge in [-0.1, -0.05) is 30.1 Å². The zero-order valence-electron chi connectivity index (χ0n) is 14.9. The normalized spacial score (nSPS) is 22.2. The maximum absolute atomic E-state index is 13.5. The molecule has 0 radical (unpaired) electrons. The van der Waals surface area contributed by atoms with Crippen LogP contribution in [0.2, 0.25) is 0 Å². The Morgan fingerprint density at radius 2 is 2.19 bits per heavy atom. The number of hydrogen-bond acceptors (Lipinski definition) is 5. The van der Waals surface area contributed by atoms with E-state index in [1.165, 1.54) is 18.2 Å². The first kappa shape index (κ1) is 18.9. The van der Waals surface area contributed by atoms with Crippen molar-refractivity contribution >= 4 is 11.9 Å². The van der Waals surface area contributed by atoms with Crippen molar-refractivity contribution in [3.8, 4) is 5.75 Å². The van der Waals surface area contributed by atoms with Gasteiger partial charge in [0.05, 0.1) is 11.5 Å². The van der Waals surface area contributed by atoms with Crippen LogP contribution in [0.1, 0.15) is 48.9 Å². The number of hydrogen-bond donors (Lipinski definition) is 2. The second kappa shape index (κ2) is 7.77. The quantitative estimate of drug-likeness (QED) is 0.803. The van der Waals surface area contributed by atoms with E-state index >= 15 is 0 Å². The highest BCUT2D eigenvalue weighted by molar-refractivity contribution is 5.93. The molecule has 2 N–H and O–H groups in total. The van der Waals surface area contributed by atoms with E-state index in [-0.39, 0.29) is 23.8 Å². The summed E-state index contributed by atoms with van der Waals surface area (Å²) in [5, 5.41) is 15.9. The number of carbonyl (C=O) groups excluding carboxylic acids is 1. The van der Waals surface area contributed by atoms with Crippen LogP contribution in [0.5, 0.6) is 5.75 Å². The standard InChI is InChI=1S/C19H21FN2O5/c1-19(9-5-4-6-13(19)18(24)25)21-17(23)15-10-12(27-22-15)11-26-16-8-3-2-7-14(16)20/h2-3,7-8,10,13H,4-6,9,11H2,1H3,(H,21,23)(H,24,25). The number of halogens is 1. The van der Waals surface area contributed by atoms with Crippen molar-refractivity contribution in [2.45, 2.75) is 44.8 Å². The summed E-state index contributed by atoms with van der Waals surface area (Å²) in [5.41, 5.74) is -0.817. The summed E-state index contributed by atoms with van der Waals surface area (Å²) in [6.45, 7) is 1.65. The third kappa shape index (κ3) is 4.27. The number of aromatic nitrogens is 1. The van der Waals surface area contributed by atoms with Gasteiger partial charge in [0.1, 0.15) is 6.61 Å². The van der Waals surface area contributed by atoms with Gasteiger partial charge in [-0.15, -0.1) is 0 Å². The van der Waals surface area contributed by atoms with Gasteiger partial charge < -0.3 is 19.7 Å². The van der Waals surface area contributed by atoms with Crippen LogP contribution in [0.15, 0.2) is 34.9 Å². The first-order valence-electron chi connectivity index (χ1n) is 8.77. The Labute approximate surface area is 155 Å². The molecule has 1 aromatic heterocycles. The number of carbonyl (C=O) groups is 2. The average molecular weight is 376 g/mol. The number of nitrogens with one attached hydrogen (secondary N) is 1. The van der Waals surface area contributed by atoms with Gasteiger partial charge in [-0.2, -0.15) is 0 Å². The molecular weight excluding hydrogens is 355 g/mol. The van der Waals surface area contributed by atoms with Crippen molar-refractivity contribution in [1.82, 2.24) is 10.5 Å². The van der Waals surface area contributed by atoms with E-state index in [2.05, 4.69) is 10.5 Å². The maximum Gasteiger partial charge on any atom is 0.308 e. The minimum Gasteiger partial charge on any atom is -0.482 e. The molecule has 1 fully saturated rings. The van der Waals surface area contributed by atoms with Crippen molar-refractivity contribution < 1.29 is 28.3 Å². The van der Waals surface area contributed by atoms with Crippen LogP contribution in [-0.2, 0) is 11.4 Å². The van der Waals surface area contributed by atoms with E-state index < -0.39 is 29.2 Å². The van der Waals surface area contributed by atoms with Gasteiger partial charge in [0.15, 0.2) is 23.0 Å². The topological polar surface area (TPSA) is 102 Å². The summed E-state index contributed by atoms with van der Waals surface area (Å²) in [6, 6.07) is 7.35. The first-order chi connectivity index (χ1) is 12.9.